The second kappa shape index (κ2) is 6.16. The van der Waals surface area contributed by atoms with E-state index in [1.165, 1.54) is 12.5 Å². The van der Waals surface area contributed by atoms with Gasteiger partial charge in [-0.1, -0.05) is 0 Å². The highest BCUT2D eigenvalue weighted by atomic mass is 32.2. The molecule has 0 amide bonds. The number of rotatable bonds is 7. The number of carboxylic acids is 1. The molecule has 0 aliphatic rings. The molecule has 108 valence electrons. The van der Waals surface area contributed by atoms with Crippen LogP contribution in [-0.2, 0) is 21.4 Å². The summed E-state index contributed by atoms with van der Waals surface area (Å²) in [6.07, 6.45) is 2.67. The van der Waals surface area contributed by atoms with Gasteiger partial charge in [-0.25, -0.2) is 13.4 Å². The van der Waals surface area contributed by atoms with E-state index in [0.29, 0.717) is 6.54 Å². The average molecular weight is 289 g/mol. The quantitative estimate of drug-likeness (QED) is 0.800. The van der Waals surface area contributed by atoms with Crippen LogP contribution in [0.3, 0.4) is 0 Å². The molecular weight excluding hydrogens is 270 g/mol. The SMILES string of the molecule is CCn1cnc(S(=O)(=O)N(CCC(=O)O)C(C)C)c1. The maximum atomic E-state index is 12.4. The van der Waals surface area contributed by atoms with Gasteiger partial charge in [-0.2, -0.15) is 4.31 Å². The smallest absolute Gasteiger partial charge is 0.304 e. The van der Waals surface area contributed by atoms with Crippen LogP contribution in [0.15, 0.2) is 17.6 Å². The zero-order valence-electron chi connectivity index (χ0n) is 11.3. The first-order valence-corrected chi connectivity index (χ1v) is 7.48. The van der Waals surface area contributed by atoms with Gasteiger partial charge in [0.15, 0.2) is 5.03 Å². The molecule has 0 aliphatic heterocycles. The number of carboxylic acid groups (broad SMARTS) is 1. The fraction of sp³-hybridized carbons (Fsp3) is 0.636. The average Bonchev–Trinajstić information content (AvgIpc) is 2.76. The van der Waals surface area contributed by atoms with E-state index in [-0.39, 0.29) is 24.0 Å². The van der Waals surface area contributed by atoms with E-state index in [1.54, 1.807) is 18.4 Å². The fourth-order valence-electron chi connectivity index (χ4n) is 1.63. The molecule has 1 rings (SSSR count). The summed E-state index contributed by atoms with van der Waals surface area (Å²) in [5.74, 6) is -1.03. The van der Waals surface area contributed by atoms with E-state index in [2.05, 4.69) is 4.98 Å². The van der Waals surface area contributed by atoms with E-state index in [9.17, 15) is 13.2 Å². The first kappa shape index (κ1) is 15.6. The molecule has 0 atom stereocenters. The molecule has 0 radical (unpaired) electrons. The molecule has 0 saturated carbocycles. The first-order valence-electron chi connectivity index (χ1n) is 6.04. The number of imidazole rings is 1. The van der Waals surface area contributed by atoms with E-state index in [1.807, 2.05) is 6.92 Å². The van der Waals surface area contributed by atoms with E-state index in [0.717, 1.165) is 4.31 Å². The van der Waals surface area contributed by atoms with Crippen molar-refractivity contribution in [3.05, 3.63) is 12.5 Å². The number of aliphatic carboxylic acids is 1. The third-order valence-electron chi connectivity index (χ3n) is 2.67. The Morgan fingerprint density at radius 3 is 2.58 bits per heavy atom. The Labute approximate surface area is 112 Å². The summed E-state index contributed by atoms with van der Waals surface area (Å²) in [6, 6.07) is -0.323. The number of hydrogen-bond donors (Lipinski definition) is 1. The van der Waals surface area contributed by atoms with Crippen LogP contribution in [0.2, 0.25) is 0 Å². The van der Waals surface area contributed by atoms with Crippen LogP contribution in [0.25, 0.3) is 0 Å². The molecule has 8 heteroatoms. The Bertz CT molecular complexity index is 536. The molecule has 1 aromatic rings. The molecule has 0 aliphatic carbocycles. The Morgan fingerprint density at radius 2 is 2.16 bits per heavy atom. The maximum absolute atomic E-state index is 12.4. The van der Waals surface area contributed by atoms with E-state index in [4.69, 9.17) is 5.11 Å². The van der Waals surface area contributed by atoms with Gasteiger partial charge in [0.2, 0.25) is 0 Å². The van der Waals surface area contributed by atoms with Crippen molar-refractivity contribution in [3.63, 3.8) is 0 Å². The van der Waals surface area contributed by atoms with Crippen LogP contribution in [-0.4, -0.2) is 45.9 Å². The number of carbonyl (C=O) groups is 1. The molecule has 0 unspecified atom stereocenters. The summed E-state index contributed by atoms with van der Waals surface area (Å²) in [5.41, 5.74) is 0. The zero-order chi connectivity index (χ0) is 14.6. The Balaban J connectivity index is 3.02. The second-order valence-electron chi connectivity index (χ2n) is 4.40. The summed E-state index contributed by atoms with van der Waals surface area (Å²) in [6.45, 7) is 5.85. The topological polar surface area (TPSA) is 92.5 Å². The highest BCUT2D eigenvalue weighted by Crippen LogP contribution is 2.16. The van der Waals surface area contributed by atoms with Crippen molar-refractivity contribution in [2.75, 3.05) is 6.54 Å². The highest BCUT2D eigenvalue weighted by molar-refractivity contribution is 7.89. The van der Waals surface area contributed by atoms with Crippen LogP contribution in [0.4, 0.5) is 0 Å². The molecule has 0 spiro atoms. The van der Waals surface area contributed by atoms with Gasteiger partial charge in [0.25, 0.3) is 10.0 Å². The van der Waals surface area contributed by atoms with Crippen molar-refractivity contribution < 1.29 is 18.3 Å². The summed E-state index contributed by atoms with van der Waals surface area (Å²) in [4.78, 5) is 14.5. The zero-order valence-corrected chi connectivity index (χ0v) is 12.1. The minimum absolute atomic E-state index is 0.0477. The predicted molar refractivity (Wildman–Crippen MR) is 69.2 cm³/mol. The molecule has 0 fully saturated rings. The Kier molecular flexibility index (Phi) is 5.07. The van der Waals surface area contributed by atoms with Crippen LogP contribution in [0, 0.1) is 0 Å². The lowest BCUT2D eigenvalue weighted by Crippen LogP contribution is -2.38. The van der Waals surface area contributed by atoms with Crippen LogP contribution < -0.4 is 0 Å². The van der Waals surface area contributed by atoms with Gasteiger partial charge in [0.05, 0.1) is 12.7 Å². The van der Waals surface area contributed by atoms with Crippen molar-refractivity contribution >= 4 is 16.0 Å². The normalized spacial score (nSPS) is 12.3. The molecule has 19 heavy (non-hydrogen) atoms. The Morgan fingerprint density at radius 1 is 1.53 bits per heavy atom. The monoisotopic (exact) mass is 289 g/mol. The fourth-order valence-corrected chi connectivity index (χ4v) is 3.20. The van der Waals surface area contributed by atoms with Crippen molar-refractivity contribution in [2.24, 2.45) is 0 Å². The van der Waals surface area contributed by atoms with E-state index < -0.39 is 16.0 Å². The third kappa shape index (κ3) is 3.77. The summed E-state index contributed by atoms with van der Waals surface area (Å²) in [5, 5.41) is 8.63. The van der Waals surface area contributed by atoms with Crippen molar-refractivity contribution in [2.45, 2.75) is 44.8 Å². The highest BCUT2D eigenvalue weighted by Gasteiger charge is 2.29. The lowest BCUT2D eigenvalue weighted by atomic mass is 10.3. The van der Waals surface area contributed by atoms with Crippen molar-refractivity contribution in [3.8, 4) is 0 Å². The Hall–Kier alpha value is -1.41. The third-order valence-corrected chi connectivity index (χ3v) is 4.63. The van der Waals surface area contributed by atoms with Gasteiger partial charge in [-0.05, 0) is 20.8 Å². The second-order valence-corrected chi connectivity index (χ2v) is 6.23. The molecule has 0 saturated heterocycles. The molecule has 1 N–H and O–H groups in total. The molecule has 0 aromatic carbocycles. The molecule has 1 aromatic heterocycles. The van der Waals surface area contributed by atoms with Crippen LogP contribution >= 0.6 is 0 Å². The van der Waals surface area contributed by atoms with Crippen LogP contribution in [0.5, 0.6) is 0 Å². The summed E-state index contributed by atoms with van der Waals surface area (Å²) in [7, 11) is -3.75. The molecule has 0 bridgehead atoms. The molecule has 7 nitrogen and oxygen atoms in total. The summed E-state index contributed by atoms with van der Waals surface area (Å²) >= 11 is 0. The van der Waals surface area contributed by atoms with Gasteiger partial charge in [-0.15, -0.1) is 0 Å². The van der Waals surface area contributed by atoms with Gasteiger partial charge in [0.1, 0.15) is 0 Å². The minimum Gasteiger partial charge on any atom is -0.481 e. The summed E-state index contributed by atoms with van der Waals surface area (Å²) < 4.78 is 27.6. The number of aryl methyl sites for hydroxylation is 1. The van der Waals surface area contributed by atoms with Gasteiger partial charge in [0, 0.05) is 25.3 Å². The van der Waals surface area contributed by atoms with E-state index >= 15 is 0 Å². The number of sulfonamides is 1. The van der Waals surface area contributed by atoms with Crippen molar-refractivity contribution in [1.29, 1.82) is 0 Å². The number of hydrogen-bond acceptors (Lipinski definition) is 4. The van der Waals surface area contributed by atoms with Gasteiger partial charge in [-0.3, -0.25) is 4.79 Å². The van der Waals surface area contributed by atoms with Gasteiger partial charge < -0.3 is 9.67 Å². The number of aromatic nitrogens is 2. The standard InChI is InChI=1S/C11H19N3O4S/c1-4-13-7-10(12-8-13)19(17,18)14(9(2)3)6-5-11(15)16/h7-9H,4-6H2,1-3H3,(H,15,16). The minimum atomic E-state index is -3.75. The molecule has 1 heterocycles. The van der Waals surface area contributed by atoms with Gasteiger partial charge >= 0.3 is 5.97 Å². The lowest BCUT2D eigenvalue weighted by Gasteiger charge is -2.24. The number of nitrogens with zero attached hydrogens (tertiary/aromatic N) is 3. The largest absolute Gasteiger partial charge is 0.481 e. The predicted octanol–water partition coefficient (Wildman–Crippen LogP) is 0.777. The van der Waals surface area contributed by atoms with Crippen molar-refractivity contribution in [1.82, 2.24) is 13.9 Å². The first-order chi connectivity index (χ1) is 8.78. The molecular formula is C11H19N3O4S. The maximum Gasteiger partial charge on any atom is 0.304 e. The van der Waals surface area contributed by atoms with Crippen LogP contribution in [0.1, 0.15) is 27.2 Å². The lowest BCUT2D eigenvalue weighted by molar-refractivity contribution is -0.137.